The van der Waals surface area contributed by atoms with E-state index in [0.29, 0.717) is 4.83 Å². The Morgan fingerprint density at radius 2 is 2.38 bits per heavy atom. The number of hydrogen-bond donors (Lipinski definition) is 0. The molecule has 0 radical (unpaired) electrons. The quantitative estimate of drug-likeness (QED) is 0.758. The Labute approximate surface area is 87.9 Å². The van der Waals surface area contributed by atoms with E-state index in [1.54, 1.807) is 0 Å². The standard InChI is InChI=1S/C9H16BrN3/c1-8(10)4-6-12(2)9-11-5-7-13(9)3/h5,7-8H,4,6H2,1-3H3. The van der Waals surface area contributed by atoms with Gasteiger partial charge in [0.05, 0.1) is 0 Å². The smallest absolute Gasteiger partial charge is 0.204 e. The van der Waals surface area contributed by atoms with E-state index < -0.39 is 0 Å². The van der Waals surface area contributed by atoms with Crippen LogP contribution in [0.15, 0.2) is 12.4 Å². The van der Waals surface area contributed by atoms with Crippen LogP contribution in [0.3, 0.4) is 0 Å². The summed E-state index contributed by atoms with van der Waals surface area (Å²) in [6.45, 7) is 3.18. The third-order valence-electron chi connectivity index (χ3n) is 2.00. The highest BCUT2D eigenvalue weighted by atomic mass is 79.9. The summed E-state index contributed by atoms with van der Waals surface area (Å²) in [7, 11) is 4.08. The highest BCUT2D eigenvalue weighted by Crippen LogP contribution is 2.10. The molecule has 1 unspecified atom stereocenters. The van der Waals surface area contributed by atoms with E-state index in [9.17, 15) is 0 Å². The number of imidazole rings is 1. The average molecular weight is 246 g/mol. The number of anilines is 1. The second kappa shape index (κ2) is 4.65. The number of nitrogens with zero attached hydrogens (tertiary/aromatic N) is 3. The highest BCUT2D eigenvalue weighted by molar-refractivity contribution is 9.09. The fourth-order valence-corrected chi connectivity index (χ4v) is 1.40. The zero-order valence-corrected chi connectivity index (χ0v) is 9.95. The maximum absolute atomic E-state index is 4.27. The topological polar surface area (TPSA) is 21.1 Å². The predicted octanol–water partition coefficient (Wildman–Crippen LogP) is 2.03. The molecule has 0 aliphatic rings. The molecule has 1 heterocycles. The molecule has 0 aliphatic heterocycles. The van der Waals surface area contributed by atoms with Crippen LogP contribution in [-0.4, -0.2) is 28.0 Å². The van der Waals surface area contributed by atoms with E-state index in [4.69, 9.17) is 0 Å². The fraction of sp³-hybridized carbons (Fsp3) is 0.667. The van der Waals surface area contributed by atoms with Crippen molar-refractivity contribution in [2.45, 2.75) is 18.2 Å². The average Bonchev–Trinajstić information content (AvgIpc) is 2.47. The van der Waals surface area contributed by atoms with Crippen LogP contribution in [0.1, 0.15) is 13.3 Å². The lowest BCUT2D eigenvalue weighted by atomic mass is 10.3. The predicted molar refractivity (Wildman–Crippen MR) is 59.5 cm³/mol. The first-order chi connectivity index (χ1) is 6.11. The number of aromatic nitrogens is 2. The molecule has 0 bridgehead atoms. The first-order valence-electron chi connectivity index (χ1n) is 4.44. The molecule has 1 atom stereocenters. The number of rotatable bonds is 4. The van der Waals surface area contributed by atoms with Crippen LogP contribution in [0.4, 0.5) is 5.95 Å². The van der Waals surface area contributed by atoms with Crippen LogP contribution < -0.4 is 4.90 Å². The van der Waals surface area contributed by atoms with E-state index in [2.05, 4.69) is 39.8 Å². The second-order valence-corrected chi connectivity index (χ2v) is 4.89. The first-order valence-corrected chi connectivity index (χ1v) is 5.35. The van der Waals surface area contributed by atoms with Crippen molar-refractivity contribution >= 4 is 21.9 Å². The van der Waals surface area contributed by atoms with Gasteiger partial charge in [0, 0.05) is 37.9 Å². The van der Waals surface area contributed by atoms with Gasteiger partial charge in [-0.1, -0.05) is 22.9 Å². The molecular weight excluding hydrogens is 230 g/mol. The van der Waals surface area contributed by atoms with Crippen LogP contribution in [0, 0.1) is 0 Å². The molecule has 74 valence electrons. The van der Waals surface area contributed by atoms with Gasteiger partial charge in [-0.05, 0) is 6.42 Å². The van der Waals surface area contributed by atoms with Crippen LogP contribution in [0.2, 0.25) is 0 Å². The van der Waals surface area contributed by atoms with Crippen molar-refractivity contribution in [2.75, 3.05) is 18.5 Å². The van der Waals surface area contributed by atoms with E-state index >= 15 is 0 Å². The number of halogens is 1. The van der Waals surface area contributed by atoms with Crippen molar-refractivity contribution in [2.24, 2.45) is 7.05 Å². The third kappa shape index (κ3) is 3.03. The molecule has 0 aliphatic carbocycles. The molecule has 1 aromatic heterocycles. The molecule has 1 aromatic rings. The van der Waals surface area contributed by atoms with Crippen LogP contribution in [-0.2, 0) is 7.05 Å². The summed E-state index contributed by atoms with van der Waals surface area (Å²) < 4.78 is 2.03. The van der Waals surface area contributed by atoms with Gasteiger partial charge in [0.25, 0.3) is 0 Å². The molecule has 0 aromatic carbocycles. The van der Waals surface area contributed by atoms with E-state index in [1.807, 2.05) is 24.0 Å². The van der Waals surface area contributed by atoms with E-state index in [-0.39, 0.29) is 0 Å². The Hall–Kier alpha value is -0.510. The van der Waals surface area contributed by atoms with E-state index in [1.165, 1.54) is 0 Å². The normalized spacial score (nSPS) is 12.9. The number of aryl methyl sites for hydroxylation is 1. The fourth-order valence-electron chi connectivity index (χ4n) is 1.20. The summed E-state index contributed by atoms with van der Waals surface area (Å²) in [5.41, 5.74) is 0. The summed E-state index contributed by atoms with van der Waals surface area (Å²) in [5, 5.41) is 0. The lowest BCUT2D eigenvalue weighted by Crippen LogP contribution is -2.23. The van der Waals surface area contributed by atoms with Gasteiger partial charge in [0.2, 0.25) is 5.95 Å². The molecule has 3 nitrogen and oxygen atoms in total. The molecule has 13 heavy (non-hydrogen) atoms. The minimum Gasteiger partial charge on any atom is -0.345 e. The lowest BCUT2D eigenvalue weighted by molar-refractivity contribution is 0.746. The second-order valence-electron chi connectivity index (χ2n) is 3.33. The van der Waals surface area contributed by atoms with Gasteiger partial charge < -0.3 is 9.47 Å². The van der Waals surface area contributed by atoms with Gasteiger partial charge >= 0.3 is 0 Å². The molecule has 0 saturated carbocycles. The van der Waals surface area contributed by atoms with Gasteiger partial charge in [-0.25, -0.2) is 4.98 Å². The Morgan fingerprint density at radius 3 is 2.85 bits per heavy atom. The monoisotopic (exact) mass is 245 g/mol. The first kappa shape index (κ1) is 10.6. The van der Waals surface area contributed by atoms with Crippen LogP contribution >= 0.6 is 15.9 Å². The summed E-state index contributed by atoms with van der Waals surface area (Å²) in [6, 6.07) is 0. The maximum atomic E-state index is 4.27. The van der Waals surface area contributed by atoms with E-state index in [0.717, 1.165) is 18.9 Å². The van der Waals surface area contributed by atoms with Crippen LogP contribution in [0.25, 0.3) is 0 Å². The van der Waals surface area contributed by atoms with Gasteiger partial charge in [-0.2, -0.15) is 0 Å². The zero-order chi connectivity index (χ0) is 9.84. The largest absolute Gasteiger partial charge is 0.345 e. The van der Waals surface area contributed by atoms with Crippen LogP contribution in [0.5, 0.6) is 0 Å². The summed E-state index contributed by atoms with van der Waals surface area (Å²) in [5.74, 6) is 1.02. The molecule has 0 amide bonds. The molecule has 0 spiro atoms. The number of alkyl halides is 1. The van der Waals surface area contributed by atoms with Crippen molar-refractivity contribution in [1.82, 2.24) is 9.55 Å². The Balaban J connectivity index is 2.49. The Morgan fingerprint density at radius 1 is 1.69 bits per heavy atom. The Kier molecular flexibility index (Phi) is 3.78. The van der Waals surface area contributed by atoms with Gasteiger partial charge in [0.15, 0.2) is 0 Å². The zero-order valence-electron chi connectivity index (χ0n) is 8.37. The Bertz CT molecular complexity index is 257. The summed E-state index contributed by atoms with van der Waals surface area (Å²) in [6.07, 6.45) is 4.91. The number of hydrogen-bond acceptors (Lipinski definition) is 2. The SMILES string of the molecule is CC(Br)CCN(C)c1nccn1C. The molecule has 0 N–H and O–H groups in total. The highest BCUT2D eigenvalue weighted by Gasteiger charge is 2.06. The van der Waals surface area contributed by atoms with Crippen molar-refractivity contribution in [1.29, 1.82) is 0 Å². The minimum absolute atomic E-state index is 0.565. The molecule has 0 fully saturated rings. The molecule has 0 saturated heterocycles. The van der Waals surface area contributed by atoms with Gasteiger partial charge in [-0.15, -0.1) is 0 Å². The lowest BCUT2D eigenvalue weighted by Gasteiger charge is -2.18. The molecular formula is C9H16BrN3. The minimum atomic E-state index is 0.565. The molecule has 1 rings (SSSR count). The molecule has 4 heteroatoms. The maximum Gasteiger partial charge on any atom is 0.204 e. The van der Waals surface area contributed by atoms with Crippen molar-refractivity contribution in [3.63, 3.8) is 0 Å². The summed E-state index contributed by atoms with van der Waals surface area (Å²) in [4.78, 5) is 7.00. The van der Waals surface area contributed by atoms with Gasteiger partial charge in [0.1, 0.15) is 0 Å². The van der Waals surface area contributed by atoms with Crippen molar-refractivity contribution in [3.8, 4) is 0 Å². The third-order valence-corrected chi connectivity index (χ3v) is 2.46. The van der Waals surface area contributed by atoms with Crippen molar-refractivity contribution in [3.05, 3.63) is 12.4 Å². The van der Waals surface area contributed by atoms with Crippen molar-refractivity contribution < 1.29 is 0 Å². The van der Waals surface area contributed by atoms with Gasteiger partial charge in [-0.3, -0.25) is 0 Å². The summed E-state index contributed by atoms with van der Waals surface area (Å²) >= 11 is 3.53.